The van der Waals surface area contributed by atoms with Crippen molar-refractivity contribution in [3.63, 3.8) is 0 Å². The zero-order valence-electron chi connectivity index (χ0n) is 21.1. The highest BCUT2D eigenvalue weighted by Crippen LogP contribution is 2.31. The smallest absolute Gasteiger partial charge is 0.397 e. The van der Waals surface area contributed by atoms with E-state index in [-0.39, 0.29) is 22.6 Å². The Morgan fingerprint density at radius 1 is 1.05 bits per heavy atom. The van der Waals surface area contributed by atoms with Crippen LogP contribution in [0, 0.1) is 5.82 Å². The zero-order valence-corrected chi connectivity index (χ0v) is 21.1. The van der Waals surface area contributed by atoms with Crippen LogP contribution in [-0.2, 0) is 12.4 Å². The van der Waals surface area contributed by atoms with Gasteiger partial charge in [0.2, 0.25) is 0 Å². The second-order valence-electron chi connectivity index (χ2n) is 8.26. The molecule has 0 aliphatic heterocycles. The fourth-order valence-electron chi connectivity index (χ4n) is 3.10. The van der Waals surface area contributed by atoms with Gasteiger partial charge in [0.1, 0.15) is 11.4 Å². The number of hydrogen-bond acceptors (Lipinski definition) is 7. The van der Waals surface area contributed by atoms with Gasteiger partial charge >= 0.3 is 12.4 Å². The number of hydrogen-bond donors (Lipinski definition) is 2. The normalized spacial score (nSPS) is 11.7. The van der Waals surface area contributed by atoms with Crippen molar-refractivity contribution in [3.8, 4) is 11.4 Å². The fourth-order valence-corrected chi connectivity index (χ4v) is 3.10. The highest BCUT2D eigenvalue weighted by molar-refractivity contribution is 5.86. The molecule has 216 valence electrons. The molecule has 1 aromatic carbocycles. The number of carbonyl (C=O) groups is 1. The molecule has 0 saturated heterocycles. The molecule has 0 amide bonds. The Balaban J connectivity index is 0.000000389. The molecule has 0 atom stereocenters. The number of halogens is 7. The lowest BCUT2D eigenvalue weighted by Crippen LogP contribution is -2.24. The number of nitrogens with two attached hydrogens (primary N) is 1. The molecule has 3 rings (SSSR count). The van der Waals surface area contributed by atoms with E-state index >= 15 is 0 Å². The molecule has 3 aromatic rings. The number of alkyl halides is 6. The molecule has 0 unspecified atom stereocenters. The van der Waals surface area contributed by atoms with E-state index in [2.05, 4.69) is 27.0 Å². The van der Waals surface area contributed by atoms with Crippen LogP contribution < -0.4 is 11.3 Å². The molecule has 40 heavy (non-hydrogen) atoms. The van der Waals surface area contributed by atoms with Crippen molar-refractivity contribution in [2.45, 2.75) is 38.5 Å². The van der Waals surface area contributed by atoms with Gasteiger partial charge in [0.15, 0.2) is 12.1 Å². The van der Waals surface area contributed by atoms with Crippen LogP contribution in [0.5, 0.6) is 0 Å². The van der Waals surface area contributed by atoms with Crippen molar-refractivity contribution in [1.29, 1.82) is 0 Å². The number of aliphatic imine (C=N–C) groups is 1. The van der Waals surface area contributed by atoms with Crippen molar-refractivity contribution < 1.29 is 35.5 Å². The van der Waals surface area contributed by atoms with Crippen LogP contribution in [0.25, 0.3) is 11.4 Å². The number of nitrogens with one attached hydrogen (secondary N) is 1. The van der Waals surface area contributed by atoms with Crippen LogP contribution in [0.1, 0.15) is 47.7 Å². The quantitative estimate of drug-likeness (QED) is 0.123. The molecule has 16 heteroatoms. The second kappa shape index (κ2) is 13.6. The summed E-state index contributed by atoms with van der Waals surface area (Å²) in [6.07, 6.45) is -2.30. The number of H-pyrrole nitrogens is 1. The van der Waals surface area contributed by atoms with Gasteiger partial charge in [-0.05, 0) is 18.6 Å². The number of nitrogens with zero attached hydrogens (tertiary/aromatic N) is 5. The molecule has 0 fully saturated rings. The van der Waals surface area contributed by atoms with Crippen LogP contribution in [0.4, 0.5) is 42.1 Å². The van der Waals surface area contributed by atoms with Gasteiger partial charge in [-0.3, -0.25) is 9.59 Å². The van der Waals surface area contributed by atoms with E-state index in [1.807, 2.05) is 11.9 Å². The summed E-state index contributed by atoms with van der Waals surface area (Å²) in [6, 6.07) is 2.21. The van der Waals surface area contributed by atoms with E-state index < -0.39 is 40.5 Å². The summed E-state index contributed by atoms with van der Waals surface area (Å²) < 4.78 is 88.2. The van der Waals surface area contributed by atoms with Gasteiger partial charge in [-0.2, -0.15) is 31.4 Å². The van der Waals surface area contributed by atoms with Crippen molar-refractivity contribution in [1.82, 2.24) is 25.1 Å². The molecule has 0 aliphatic rings. The highest BCUT2D eigenvalue weighted by atomic mass is 19.4. The summed E-state index contributed by atoms with van der Waals surface area (Å²) >= 11 is 0. The first-order valence-corrected chi connectivity index (χ1v) is 11.5. The summed E-state index contributed by atoms with van der Waals surface area (Å²) in [5.74, 6) is -1.05. The minimum atomic E-state index is -4.74. The van der Waals surface area contributed by atoms with Crippen LogP contribution in [-0.4, -0.2) is 51.3 Å². The van der Waals surface area contributed by atoms with Crippen LogP contribution in [0.3, 0.4) is 0 Å². The summed E-state index contributed by atoms with van der Waals surface area (Å²) in [5, 5.41) is 4.74. The van der Waals surface area contributed by atoms with Crippen molar-refractivity contribution >= 4 is 24.0 Å². The van der Waals surface area contributed by atoms with Crippen LogP contribution in [0.2, 0.25) is 0 Å². The number of aldehydes is 1. The Kier molecular flexibility index (Phi) is 10.8. The Hall–Kier alpha value is -4.37. The third-order valence-corrected chi connectivity index (χ3v) is 5.14. The first kappa shape index (κ1) is 31.8. The number of aromatic nitrogens is 4. The van der Waals surface area contributed by atoms with Crippen molar-refractivity contribution in [2.24, 2.45) is 4.99 Å². The van der Waals surface area contributed by atoms with Gasteiger partial charge in [-0.1, -0.05) is 19.8 Å². The maximum absolute atomic E-state index is 14.3. The number of benzene rings is 1. The molecule has 0 radical (unpaired) electrons. The van der Waals surface area contributed by atoms with E-state index in [1.165, 1.54) is 12.4 Å². The summed E-state index contributed by atoms with van der Waals surface area (Å²) in [4.78, 5) is 35.0. The maximum atomic E-state index is 14.3. The second-order valence-corrected chi connectivity index (χ2v) is 8.26. The van der Waals surface area contributed by atoms with Crippen molar-refractivity contribution in [2.75, 3.05) is 19.3 Å². The van der Waals surface area contributed by atoms with Gasteiger partial charge in [0, 0.05) is 31.5 Å². The lowest BCUT2D eigenvalue weighted by atomic mass is 10.1. The average molecular weight is 575 g/mol. The highest BCUT2D eigenvalue weighted by Gasteiger charge is 2.36. The van der Waals surface area contributed by atoms with Gasteiger partial charge < -0.3 is 10.6 Å². The predicted molar refractivity (Wildman–Crippen MR) is 132 cm³/mol. The molecular formula is C24H24F7N7O2. The molecule has 3 N–H and O–H groups in total. The number of anilines is 1. The SMILES string of the molecule is CCCCCN(C)C=Nc1cc(-c2ncc(C(F)(F)F)cn2)c(F)cc1C=O.Nc1cn[nH]c(=O)c1C(F)(F)F. The minimum Gasteiger partial charge on any atom is -0.397 e. The van der Waals surface area contributed by atoms with E-state index in [4.69, 9.17) is 5.73 Å². The molecule has 0 bridgehead atoms. The molecule has 2 heterocycles. The van der Waals surface area contributed by atoms with E-state index in [0.717, 1.165) is 38.1 Å². The zero-order chi connectivity index (χ0) is 30.1. The number of carbonyl (C=O) groups excluding carboxylic acids is 1. The predicted octanol–water partition coefficient (Wildman–Crippen LogP) is 5.27. The van der Waals surface area contributed by atoms with Gasteiger partial charge in [-0.15, -0.1) is 0 Å². The summed E-state index contributed by atoms with van der Waals surface area (Å²) in [7, 11) is 1.82. The number of aromatic amines is 1. The molecule has 0 aliphatic carbocycles. The molecule has 0 spiro atoms. The molecular weight excluding hydrogens is 551 g/mol. The third kappa shape index (κ3) is 8.84. The van der Waals surface area contributed by atoms with Crippen LogP contribution in [0.15, 0.2) is 40.5 Å². The monoisotopic (exact) mass is 575 g/mol. The van der Waals surface area contributed by atoms with Crippen LogP contribution >= 0.6 is 0 Å². The molecule has 9 nitrogen and oxygen atoms in total. The Morgan fingerprint density at radius 2 is 1.70 bits per heavy atom. The number of nitrogen functional groups attached to an aromatic ring is 1. The Morgan fingerprint density at radius 3 is 2.20 bits per heavy atom. The lowest BCUT2D eigenvalue weighted by Gasteiger charge is -2.13. The van der Waals surface area contributed by atoms with Gasteiger partial charge in [0.05, 0.1) is 35.0 Å². The average Bonchev–Trinajstić information content (AvgIpc) is 2.87. The van der Waals surface area contributed by atoms with E-state index in [1.54, 1.807) is 5.10 Å². The number of rotatable bonds is 8. The molecule has 0 saturated carbocycles. The third-order valence-electron chi connectivity index (χ3n) is 5.14. The van der Waals surface area contributed by atoms with Crippen molar-refractivity contribution in [3.05, 3.63) is 63.6 Å². The summed E-state index contributed by atoms with van der Waals surface area (Å²) in [5.41, 5.74) is 0.519. The largest absolute Gasteiger partial charge is 0.423 e. The van der Waals surface area contributed by atoms with E-state index in [0.29, 0.717) is 18.7 Å². The Labute approximate surface area is 223 Å². The fraction of sp³-hybridized carbons (Fsp3) is 0.333. The maximum Gasteiger partial charge on any atom is 0.423 e. The topological polar surface area (TPSA) is 130 Å². The number of unbranched alkanes of at least 4 members (excludes halogenated alkanes) is 2. The minimum absolute atomic E-state index is 0.0198. The molecule has 2 aromatic heterocycles. The first-order valence-electron chi connectivity index (χ1n) is 11.5. The van der Waals surface area contributed by atoms with E-state index in [9.17, 15) is 40.3 Å². The van der Waals surface area contributed by atoms with Gasteiger partial charge in [0.25, 0.3) is 5.56 Å². The Bertz CT molecular complexity index is 1370. The first-order chi connectivity index (χ1) is 18.7. The lowest BCUT2D eigenvalue weighted by molar-refractivity contribution is -0.138. The van der Waals surface area contributed by atoms with Gasteiger partial charge in [-0.25, -0.2) is 24.4 Å². The summed E-state index contributed by atoms with van der Waals surface area (Å²) in [6.45, 7) is 2.86. The standard InChI is InChI=1S/C19H20F4N4O.C5H4F3N3O/c1-3-4-5-6-27(2)12-26-17-8-15(16(20)7-13(17)11-28)18-24-9-14(10-25-18)19(21,22)23;6-5(7,8)3-2(9)1-10-11-4(3)12/h7-12H,3-6H2,1-2H3;1H,(H3,9,11,12).